The summed E-state index contributed by atoms with van der Waals surface area (Å²) in [6, 6.07) is 19.7. The van der Waals surface area contributed by atoms with E-state index in [0.717, 1.165) is 12.3 Å². The average Bonchev–Trinajstić information content (AvgIpc) is 2.77. The Kier molecular flexibility index (Phi) is 6.25. The van der Waals surface area contributed by atoms with E-state index in [1.807, 2.05) is 0 Å². The van der Waals surface area contributed by atoms with Crippen LogP contribution in [0.5, 0.6) is 0 Å². The highest BCUT2D eigenvalue weighted by molar-refractivity contribution is 6.02. The van der Waals surface area contributed by atoms with E-state index in [0.29, 0.717) is 12.0 Å². The minimum absolute atomic E-state index is 0.277. The summed E-state index contributed by atoms with van der Waals surface area (Å²) in [4.78, 5) is 0. The zero-order valence-corrected chi connectivity index (χ0v) is 18.4. The standard InChI is InChI=1S/C28H36O/c1-4-28(3,24-14-6-5-7-15-24)19-21(2)29-20-27-25-16-10-8-12-22(25)18-23-13-9-11-17-26(23)27/h8-13,16-18,21,24H,4-7,14-15,19-20H2,1-3H3. The third kappa shape index (κ3) is 4.36. The molecule has 1 saturated carbocycles. The fraction of sp³-hybridized carbons (Fsp3) is 0.500. The Morgan fingerprint density at radius 3 is 2.10 bits per heavy atom. The van der Waals surface area contributed by atoms with Gasteiger partial charge in [-0.3, -0.25) is 0 Å². The average molecular weight is 389 g/mol. The first kappa shape index (κ1) is 20.4. The van der Waals surface area contributed by atoms with Gasteiger partial charge in [0, 0.05) is 0 Å². The molecule has 2 atom stereocenters. The van der Waals surface area contributed by atoms with Crippen LogP contribution in [0.25, 0.3) is 21.5 Å². The number of benzene rings is 3. The monoisotopic (exact) mass is 388 g/mol. The molecule has 1 fully saturated rings. The van der Waals surface area contributed by atoms with Crippen LogP contribution in [-0.2, 0) is 11.3 Å². The van der Waals surface area contributed by atoms with Crippen LogP contribution in [-0.4, -0.2) is 6.10 Å². The van der Waals surface area contributed by atoms with E-state index in [1.165, 1.54) is 65.6 Å². The zero-order valence-electron chi connectivity index (χ0n) is 18.4. The first-order valence-corrected chi connectivity index (χ1v) is 11.6. The Labute approximate surface area is 176 Å². The predicted molar refractivity (Wildman–Crippen MR) is 125 cm³/mol. The molecule has 0 amide bonds. The normalized spacial score (nSPS) is 18.7. The Morgan fingerprint density at radius 1 is 0.931 bits per heavy atom. The van der Waals surface area contributed by atoms with Gasteiger partial charge in [-0.15, -0.1) is 0 Å². The Morgan fingerprint density at radius 2 is 1.52 bits per heavy atom. The molecule has 0 aliphatic heterocycles. The van der Waals surface area contributed by atoms with Crippen molar-refractivity contribution in [3.05, 3.63) is 60.2 Å². The van der Waals surface area contributed by atoms with E-state index in [4.69, 9.17) is 4.74 Å². The largest absolute Gasteiger partial charge is 0.374 e. The number of rotatable bonds is 7. The van der Waals surface area contributed by atoms with Crippen LogP contribution in [0.3, 0.4) is 0 Å². The van der Waals surface area contributed by atoms with E-state index in [9.17, 15) is 0 Å². The molecule has 1 nitrogen and oxygen atoms in total. The van der Waals surface area contributed by atoms with Crippen molar-refractivity contribution >= 4 is 21.5 Å². The summed E-state index contributed by atoms with van der Waals surface area (Å²) < 4.78 is 6.53. The minimum atomic E-state index is 0.277. The summed E-state index contributed by atoms with van der Waals surface area (Å²) in [5.41, 5.74) is 1.74. The molecule has 0 heterocycles. The Bertz CT molecular complexity index is 899. The fourth-order valence-corrected chi connectivity index (χ4v) is 5.60. The van der Waals surface area contributed by atoms with Crippen molar-refractivity contribution in [1.82, 2.24) is 0 Å². The van der Waals surface area contributed by atoms with Gasteiger partial charge < -0.3 is 4.74 Å². The second-order valence-corrected chi connectivity index (χ2v) is 9.47. The van der Waals surface area contributed by atoms with Gasteiger partial charge in [0.2, 0.25) is 0 Å². The molecule has 1 aliphatic rings. The highest BCUT2D eigenvalue weighted by atomic mass is 16.5. The smallest absolute Gasteiger partial charge is 0.0732 e. The molecule has 1 heteroatoms. The van der Waals surface area contributed by atoms with Crippen molar-refractivity contribution in [3.8, 4) is 0 Å². The van der Waals surface area contributed by atoms with Crippen LogP contribution < -0.4 is 0 Å². The number of hydrogen-bond donors (Lipinski definition) is 0. The van der Waals surface area contributed by atoms with E-state index in [-0.39, 0.29) is 6.10 Å². The Hall–Kier alpha value is -1.86. The van der Waals surface area contributed by atoms with Gasteiger partial charge in [0.15, 0.2) is 0 Å². The van der Waals surface area contributed by atoms with Gasteiger partial charge in [0.1, 0.15) is 0 Å². The van der Waals surface area contributed by atoms with Crippen LogP contribution >= 0.6 is 0 Å². The molecule has 0 saturated heterocycles. The van der Waals surface area contributed by atoms with Crippen molar-refractivity contribution in [1.29, 1.82) is 0 Å². The van der Waals surface area contributed by atoms with Gasteiger partial charge in [-0.05, 0) is 70.7 Å². The third-order valence-electron chi connectivity index (χ3n) is 7.55. The van der Waals surface area contributed by atoms with E-state index >= 15 is 0 Å². The van der Waals surface area contributed by atoms with Gasteiger partial charge in [0.25, 0.3) is 0 Å². The topological polar surface area (TPSA) is 9.23 Å². The second-order valence-electron chi connectivity index (χ2n) is 9.47. The molecule has 4 rings (SSSR count). The molecule has 0 aromatic heterocycles. The van der Waals surface area contributed by atoms with Crippen LogP contribution in [0.15, 0.2) is 54.6 Å². The molecule has 3 aromatic carbocycles. The summed E-state index contributed by atoms with van der Waals surface area (Å²) in [5.74, 6) is 0.866. The van der Waals surface area contributed by atoms with E-state index in [2.05, 4.69) is 75.4 Å². The van der Waals surface area contributed by atoms with E-state index in [1.54, 1.807) is 0 Å². The zero-order chi connectivity index (χ0) is 20.3. The Balaban J connectivity index is 1.54. The van der Waals surface area contributed by atoms with Crippen LogP contribution in [0.1, 0.15) is 71.3 Å². The first-order valence-electron chi connectivity index (χ1n) is 11.6. The lowest BCUT2D eigenvalue weighted by atomic mass is 9.66. The third-order valence-corrected chi connectivity index (χ3v) is 7.55. The maximum absolute atomic E-state index is 6.53. The summed E-state index contributed by atoms with van der Waals surface area (Å²) in [6.45, 7) is 7.85. The van der Waals surface area contributed by atoms with Crippen molar-refractivity contribution in [2.45, 2.75) is 78.4 Å². The lowest BCUT2D eigenvalue weighted by molar-refractivity contribution is -0.00363. The SMILES string of the molecule is CCC(C)(CC(C)OCc1c2ccccc2cc2ccccc12)C1CCCCC1. The molecule has 29 heavy (non-hydrogen) atoms. The van der Waals surface area contributed by atoms with Crippen molar-refractivity contribution < 1.29 is 4.74 Å². The van der Waals surface area contributed by atoms with Crippen molar-refractivity contribution in [2.75, 3.05) is 0 Å². The van der Waals surface area contributed by atoms with Crippen LogP contribution in [0, 0.1) is 11.3 Å². The van der Waals surface area contributed by atoms with Crippen LogP contribution in [0.4, 0.5) is 0 Å². The summed E-state index contributed by atoms with van der Waals surface area (Å²) in [5, 5.41) is 5.25. The summed E-state index contributed by atoms with van der Waals surface area (Å²) in [7, 11) is 0. The second kappa shape index (κ2) is 8.88. The molecule has 0 radical (unpaired) electrons. The van der Waals surface area contributed by atoms with Gasteiger partial charge in [0.05, 0.1) is 12.7 Å². The van der Waals surface area contributed by atoms with Gasteiger partial charge in [-0.25, -0.2) is 0 Å². The van der Waals surface area contributed by atoms with E-state index < -0.39 is 0 Å². The number of ether oxygens (including phenoxy) is 1. The fourth-order valence-electron chi connectivity index (χ4n) is 5.60. The molecule has 0 bridgehead atoms. The highest BCUT2D eigenvalue weighted by Gasteiger charge is 2.34. The van der Waals surface area contributed by atoms with Gasteiger partial charge in [-0.1, -0.05) is 88.1 Å². The van der Waals surface area contributed by atoms with Crippen molar-refractivity contribution in [3.63, 3.8) is 0 Å². The predicted octanol–water partition coefficient (Wildman–Crippen LogP) is 8.28. The molecule has 2 unspecified atom stereocenters. The summed E-state index contributed by atoms with van der Waals surface area (Å²) in [6.07, 6.45) is 9.76. The lowest BCUT2D eigenvalue weighted by Crippen LogP contribution is -2.32. The minimum Gasteiger partial charge on any atom is -0.374 e. The molecule has 3 aromatic rings. The molecular weight excluding hydrogens is 352 g/mol. The van der Waals surface area contributed by atoms with Crippen LogP contribution in [0.2, 0.25) is 0 Å². The number of fused-ring (bicyclic) bond motifs is 2. The molecule has 1 aliphatic carbocycles. The number of hydrogen-bond acceptors (Lipinski definition) is 1. The highest BCUT2D eigenvalue weighted by Crippen LogP contribution is 2.44. The molecule has 0 spiro atoms. The maximum Gasteiger partial charge on any atom is 0.0732 e. The van der Waals surface area contributed by atoms with Gasteiger partial charge in [-0.2, -0.15) is 0 Å². The lowest BCUT2D eigenvalue weighted by Gasteiger charge is -2.41. The quantitative estimate of drug-likeness (QED) is 0.370. The maximum atomic E-state index is 6.53. The van der Waals surface area contributed by atoms with Crippen molar-refractivity contribution in [2.24, 2.45) is 11.3 Å². The van der Waals surface area contributed by atoms with Gasteiger partial charge >= 0.3 is 0 Å². The summed E-state index contributed by atoms with van der Waals surface area (Å²) >= 11 is 0. The first-order chi connectivity index (χ1) is 14.1. The molecule has 0 N–H and O–H groups in total. The molecule has 154 valence electrons. The molecular formula is C28H36O.